The molecule has 116 valence electrons. The van der Waals surface area contributed by atoms with Crippen LogP contribution in [0.15, 0.2) is 0 Å². The second-order valence-electron chi connectivity index (χ2n) is 3.22. The molecule has 0 aliphatic carbocycles. The van der Waals surface area contributed by atoms with Gasteiger partial charge in [-0.05, 0) is 6.42 Å². The van der Waals surface area contributed by atoms with E-state index < -0.39 is 23.6 Å². The van der Waals surface area contributed by atoms with Crippen molar-refractivity contribution < 1.29 is 34.8 Å². The highest BCUT2D eigenvalue weighted by atomic mass is 16.4. The number of rotatable bonds is 2. The van der Waals surface area contributed by atoms with Gasteiger partial charge in [-0.3, -0.25) is 14.4 Å². The lowest BCUT2D eigenvalue weighted by Crippen LogP contribution is -2.45. The predicted octanol–water partition coefficient (Wildman–Crippen LogP) is -0.725. The number of aliphatic carboxylic acids is 3. The Kier molecular flexibility index (Phi) is 22.3. The first kappa shape index (κ1) is 26.0. The second-order valence-corrected chi connectivity index (χ2v) is 3.22. The van der Waals surface area contributed by atoms with E-state index in [1.54, 1.807) is 6.92 Å². The number of carboxylic acids is 3. The van der Waals surface area contributed by atoms with Gasteiger partial charge in [-0.25, -0.2) is 0 Å². The van der Waals surface area contributed by atoms with E-state index >= 15 is 0 Å². The van der Waals surface area contributed by atoms with Gasteiger partial charge in [0.15, 0.2) is 0 Å². The molecule has 0 heterocycles. The number of nitrogens with two attached hydrogens (primary N) is 2. The van der Waals surface area contributed by atoms with E-state index in [-0.39, 0.29) is 6.54 Å². The fourth-order valence-electron chi connectivity index (χ4n) is 0.144. The van der Waals surface area contributed by atoms with Gasteiger partial charge in [0.25, 0.3) is 17.9 Å². The molecule has 0 saturated carbocycles. The summed E-state index contributed by atoms with van der Waals surface area (Å²) < 4.78 is 0. The number of carboxylic acid groups (broad SMARTS) is 3. The summed E-state index contributed by atoms with van der Waals surface area (Å²) in [5.74, 6) is -2.50. The molecular formula is C10H24N2O7. The van der Waals surface area contributed by atoms with Crippen molar-refractivity contribution in [3.8, 4) is 0 Å². The topological polar surface area (TPSA) is 184 Å². The quantitative estimate of drug-likeness (QED) is 0.356. The fourth-order valence-corrected chi connectivity index (χ4v) is 0.144. The number of carbonyl (C=O) groups is 3. The maximum atomic E-state index is 9.00. The van der Waals surface area contributed by atoms with Crippen LogP contribution in [0.2, 0.25) is 0 Å². The van der Waals surface area contributed by atoms with E-state index in [0.717, 1.165) is 20.8 Å². The van der Waals surface area contributed by atoms with Crippen molar-refractivity contribution in [3.63, 3.8) is 0 Å². The minimum atomic E-state index is -1.14. The Balaban J connectivity index is -0.0000000825. The summed E-state index contributed by atoms with van der Waals surface area (Å²) in [6.45, 7) is 5.16. The van der Waals surface area contributed by atoms with E-state index in [2.05, 4.69) is 0 Å². The first-order valence-electron chi connectivity index (χ1n) is 5.12. The zero-order valence-electron chi connectivity index (χ0n) is 11.6. The van der Waals surface area contributed by atoms with E-state index in [0.29, 0.717) is 6.42 Å². The van der Waals surface area contributed by atoms with Crippen LogP contribution in [0.1, 0.15) is 34.1 Å². The van der Waals surface area contributed by atoms with Gasteiger partial charge in [-0.1, -0.05) is 6.92 Å². The largest absolute Gasteiger partial charge is 0.481 e. The van der Waals surface area contributed by atoms with Crippen LogP contribution in [0.3, 0.4) is 0 Å². The molecule has 1 atom stereocenters. The summed E-state index contributed by atoms with van der Waals surface area (Å²) in [6, 6.07) is 0. The third-order valence-electron chi connectivity index (χ3n) is 0.966. The lowest BCUT2D eigenvalue weighted by Gasteiger charge is -2.17. The van der Waals surface area contributed by atoms with E-state index in [1.807, 2.05) is 0 Å². The van der Waals surface area contributed by atoms with Crippen molar-refractivity contribution in [1.82, 2.24) is 0 Å². The second kappa shape index (κ2) is 16.3. The van der Waals surface area contributed by atoms with Gasteiger partial charge in [0.2, 0.25) is 0 Å². The fraction of sp³-hybridized carbons (Fsp3) is 0.700. The molecule has 0 bridgehead atoms. The molecular weight excluding hydrogens is 260 g/mol. The highest BCUT2D eigenvalue weighted by Gasteiger charge is 2.13. The molecule has 9 heteroatoms. The third-order valence-corrected chi connectivity index (χ3v) is 0.966. The minimum Gasteiger partial charge on any atom is -0.481 e. The Bertz CT molecular complexity index is 208. The molecule has 0 aromatic rings. The molecule has 1 unspecified atom stereocenters. The van der Waals surface area contributed by atoms with Gasteiger partial charge < -0.3 is 31.9 Å². The standard InChI is InChI=1S/C4H12N2O.3C2H4O2/c1-2-4(6,7)3-5;3*1-2(3)4/h7H,2-3,5-6H2,1H3;3*1H3,(H,3,4). The highest BCUT2D eigenvalue weighted by Crippen LogP contribution is 1.94. The Morgan fingerprint density at radius 3 is 1.11 bits per heavy atom. The summed E-state index contributed by atoms with van der Waals surface area (Å²) in [5, 5.41) is 31.0. The predicted molar refractivity (Wildman–Crippen MR) is 68.4 cm³/mol. The third kappa shape index (κ3) is 181. The van der Waals surface area contributed by atoms with Crippen LogP contribution in [0.5, 0.6) is 0 Å². The van der Waals surface area contributed by atoms with Gasteiger partial charge >= 0.3 is 0 Å². The Morgan fingerprint density at radius 1 is 0.947 bits per heavy atom. The summed E-state index contributed by atoms with van der Waals surface area (Å²) in [5.41, 5.74) is 9.05. The Labute approximate surface area is 111 Å². The van der Waals surface area contributed by atoms with Crippen LogP contribution in [0.4, 0.5) is 0 Å². The maximum Gasteiger partial charge on any atom is 0.300 e. The summed E-state index contributed by atoms with van der Waals surface area (Å²) in [6.07, 6.45) is 0.503. The molecule has 0 amide bonds. The molecule has 8 N–H and O–H groups in total. The Hall–Kier alpha value is -1.71. The van der Waals surface area contributed by atoms with E-state index in [4.69, 9.17) is 46.3 Å². The average molecular weight is 284 g/mol. The molecule has 0 rings (SSSR count). The molecule has 0 aliphatic heterocycles. The van der Waals surface area contributed by atoms with Gasteiger partial charge in [0.1, 0.15) is 5.72 Å². The van der Waals surface area contributed by atoms with Crippen LogP contribution in [-0.2, 0) is 14.4 Å². The molecule has 0 aromatic heterocycles. The lowest BCUT2D eigenvalue weighted by molar-refractivity contribution is -0.135. The lowest BCUT2D eigenvalue weighted by atomic mass is 10.2. The average Bonchev–Trinajstić information content (AvgIpc) is 2.15. The van der Waals surface area contributed by atoms with E-state index in [9.17, 15) is 0 Å². The molecule has 0 aliphatic rings. The maximum absolute atomic E-state index is 9.00. The summed E-state index contributed by atoms with van der Waals surface area (Å²) >= 11 is 0. The van der Waals surface area contributed by atoms with Crippen LogP contribution in [0.25, 0.3) is 0 Å². The minimum absolute atomic E-state index is 0.128. The number of aliphatic hydroxyl groups is 1. The van der Waals surface area contributed by atoms with Crippen molar-refractivity contribution >= 4 is 17.9 Å². The molecule has 19 heavy (non-hydrogen) atoms. The smallest absolute Gasteiger partial charge is 0.300 e. The Morgan fingerprint density at radius 2 is 1.11 bits per heavy atom. The molecule has 0 saturated heterocycles. The molecule has 9 nitrogen and oxygen atoms in total. The highest BCUT2D eigenvalue weighted by molar-refractivity contribution is 5.63. The van der Waals surface area contributed by atoms with Gasteiger partial charge in [-0.15, -0.1) is 0 Å². The van der Waals surface area contributed by atoms with Crippen molar-refractivity contribution in [3.05, 3.63) is 0 Å². The number of hydrogen-bond acceptors (Lipinski definition) is 6. The first-order chi connectivity index (χ1) is 8.32. The van der Waals surface area contributed by atoms with Crippen LogP contribution >= 0.6 is 0 Å². The zero-order chi connectivity index (χ0) is 16.6. The van der Waals surface area contributed by atoms with E-state index in [1.165, 1.54) is 0 Å². The molecule has 0 aromatic carbocycles. The van der Waals surface area contributed by atoms with Crippen LogP contribution < -0.4 is 11.5 Å². The summed E-state index contributed by atoms with van der Waals surface area (Å²) in [4.78, 5) is 27.0. The van der Waals surface area contributed by atoms with Crippen molar-refractivity contribution in [2.45, 2.75) is 39.8 Å². The van der Waals surface area contributed by atoms with Crippen molar-refractivity contribution in [2.24, 2.45) is 11.5 Å². The molecule has 0 radical (unpaired) electrons. The first-order valence-corrected chi connectivity index (χ1v) is 5.12. The van der Waals surface area contributed by atoms with Gasteiger partial charge in [-0.2, -0.15) is 0 Å². The van der Waals surface area contributed by atoms with Gasteiger partial charge in [0.05, 0.1) is 0 Å². The van der Waals surface area contributed by atoms with Crippen molar-refractivity contribution in [1.29, 1.82) is 0 Å². The zero-order valence-corrected chi connectivity index (χ0v) is 11.6. The molecule has 0 spiro atoms. The van der Waals surface area contributed by atoms with Gasteiger partial charge in [0, 0.05) is 27.3 Å². The summed E-state index contributed by atoms with van der Waals surface area (Å²) in [7, 11) is 0. The van der Waals surface area contributed by atoms with Crippen LogP contribution in [0, 0.1) is 0 Å². The SMILES string of the molecule is CC(=O)O.CC(=O)O.CC(=O)O.CCC(N)(O)CN. The monoisotopic (exact) mass is 284 g/mol. The van der Waals surface area contributed by atoms with Crippen LogP contribution in [-0.4, -0.2) is 50.6 Å². The molecule has 0 fully saturated rings. The van der Waals surface area contributed by atoms with Crippen molar-refractivity contribution in [2.75, 3.05) is 6.54 Å². The normalized spacial score (nSPS) is 10.9. The number of hydrogen-bond donors (Lipinski definition) is 6.